The fourth-order valence-electron chi connectivity index (χ4n) is 5.86. The summed E-state index contributed by atoms with van der Waals surface area (Å²) in [7, 11) is 0. The van der Waals surface area contributed by atoms with Crippen molar-refractivity contribution in [1.82, 2.24) is 0 Å². The van der Waals surface area contributed by atoms with Gasteiger partial charge in [0.1, 0.15) is 0 Å². The first-order valence-corrected chi connectivity index (χ1v) is 13.9. The zero-order chi connectivity index (χ0) is 23.6. The number of rotatable bonds is 2. The highest BCUT2D eigenvalue weighted by molar-refractivity contribution is 7.18. The Balaban J connectivity index is 1.66. The number of hydrogen-bond donors (Lipinski definition) is 0. The van der Waals surface area contributed by atoms with E-state index in [1.807, 2.05) is 22.7 Å². The van der Waals surface area contributed by atoms with Crippen molar-refractivity contribution in [2.45, 2.75) is 0 Å². The highest BCUT2D eigenvalue weighted by Crippen LogP contribution is 2.50. The van der Waals surface area contributed by atoms with Crippen molar-refractivity contribution in [1.29, 1.82) is 0 Å². The molecule has 2 heterocycles. The minimum atomic E-state index is 1.28. The van der Waals surface area contributed by atoms with Gasteiger partial charge in [0.05, 0.1) is 0 Å². The molecule has 36 heavy (non-hydrogen) atoms. The molecule has 0 fully saturated rings. The summed E-state index contributed by atoms with van der Waals surface area (Å²) in [4.78, 5) is 0. The molecule has 0 aliphatic heterocycles. The Morgan fingerprint density at radius 3 is 1.53 bits per heavy atom. The molecule has 0 aliphatic rings. The molecule has 0 amide bonds. The molecule has 0 saturated carbocycles. The molecule has 0 spiro atoms. The molecule has 6 aromatic carbocycles. The van der Waals surface area contributed by atoms with Gasteiger partial charge in [-0.15, -0.1) is 22.7 Å². The van der Waals surface area contributed by atoms with E-state index in [0.717, 1.165) is 0 Å². The summed E-state index contributed by atoms with van der Waals surface area (Å²) in [6, 6.07) is 40.1. The first kappa shape index (κ1) is 20.2. The monoisotopic (exact) mass is 492 g/mol. The van der Waals surface area contributed by atoms with E-state index >= 15 is 0 Å². The van der Waals surface area contributed by atoms with Crippen LogP contribution < -0.4 is 0 Å². The first-order valence-electron chi connectivity index (χ1n) is 12.2. The molecule has 0 unspecified atom stereocenters. The molecular weight excluding hydrogens is 473 g/mol. The lowest BCUT2D eigenvalue weighted by atomic mass is 9.84. The summed E-state index contributed by atoms with van der Waals surface area (Å²) >= 11 is 3.67. The van der Waals surface area contributed by atoms with Crippen molar-refractivity contribution in [2.75, 3.05) is 0 Å². The lowest BCUT2D eigenvalue weighted by molar-refractivity contribution is 1.74. The van der Waals surface area contributed by atoms with Gasteiger partial charge in [0.15, 0.2) is 0 Å². The summed E-state index contributed by atoms with van der Waals surface area (Å²) in [5.41, 5.74) is 5.34. The van der Waals surface area contributed by atoms with Gasteiger partial charge in [0.25, 0.3) is 0 Å². The van der Waals surface area contributed by atoms with Gasteiger partial charge >= 0.3 is 0 Å². The molecule has 2 aromatic heterocycles. The molecule has 8 rings (SSSR count). The largest absolute Gasteiger partial charge is 0.143 e. The van der Waals surface area contributed by atoms with Crippen molar-refractivity contribution in [3.8, 4) is 22.3 Å². The summed E-state index contributed by atoms with van der Waals surface area (Å²) < 4.78 is 2.66. The molecule has 0 atom stereocenters. The van der Waals surface area contributed by atoms with E-state index in [-0.39, 0.29) is 0 Å². The van der Waals surface area contributed by atoms with Crippen LogP contribution in [-0.4, -0.2) is 0 Å². The van der Waals surface area contributed by atoms with E-state index in [4.69, 9.17) is 0 Å². The predicted octanol–water partition coefficient (Wildman–Crippen LogP) is 10.9. The average molecular weight is 493 g/mol. The van der Waals surface area contributed by atoms with Crippen LogP contribution in [0.1, 0.15) is 0 Å². The van der Waals surface area contributed by atoms with E-state index < -0.39 is 0 Å². The summed E-state index contributed by atoms with van der Waals surface area (Å²) in [6.45, 7) is 0. The van der Waals surface area contributed by atoms with E-state index in [2.05, 4.69) is 120 Å². The number of thiophene rings is 2. The third kappa shape index (κ3) is 2.80. The van der Waals surface area contributed by atoms with Crippen molar-refractivity contribution in [2.24, 2.45) is 0 Å². The second-order valence-electron chi connectivity index (χ2n) is 9.30. The minimum absolute atomic E-state index is 1.28. The van der Waals surface area contributed by atoms with Crippen LogP contribution in [-0.2, 0) is 0 Å². The van der Waals surface area contributed by atoms with Crippen LogP contribution in [0.2, 0.25) is 0 Å². The van der Waals surface area contributed by atoms with Gasteiger partial charge in [-0.1, -0.05) is 97.1 Å². The van der Waals surface area contributed by atoms with Crippen molar-refractivity contribution < 1.29 is 0 Å². The van der Waals surface area contributed by atoms with Crippen LogP contribution in [0.4, 0.5) is 0 Å². The van der Waals surface area contributed by atoms with Crippen LogP contribution in [0.15, 0.2) is 120 Å². The summed E-state index contributed by atoms with van der Waals surface area (Å²) in [5, 5.41) is 15.3. The number of hydrogen-bond acceptors (Lipinski definition) is 2. The van der Waals surface area contributed by atoms with Crippen molar-refractivity contribution >= 4 is 75.2 Å². The summed E-state index contributed by atoms with van der Waals surface area (Å²) in [5.74, 6) is 0. The lowest BCUT2D eigenvalue weighted by Crippen LogP contribution is -1.91. The molecule has 0 saturated heterocycles. The van der Waals surface area contributed by atoms with E-state index in [0.29, 0.717) is 0 Å². The topological polar surface area (TPSA) is 0 Å². The second kappa shape index (κ2) is 7.76. The molecule has 2 heteroatoms. The Morgan fingerprint density at radius 1 is 0.361 bits per heavy atom. The third-order valence-electron chi connectivity index (χ3n) is 7.41. The maximum absolute atomic E-state index is 2.35. The standard InChI is InChI=1S/C34H20S2/c1-2-10-22-21(9-1)17-18-27-32(28-19-35-30-15-7-5-11-23(28)30)25-13-3-4-14-26(25)34(33(22)27)29-20-36-31-16-8-6-12-24(29)31/h1-20H. The minimum Gasteiger partial charge on any atom is -0.143 e. The lowest BCUT2D eigenvalue weighted by Gasteiger charge is -2.19. The number of fused-ring (bicyclic) bond motifs is 6. The van der Waals surface area contributed by atoms with Crippen molar-refractivity contribution in [3.63, 3.8) is 0 Å². The van der Waals surface area contributed by atoms with Crippen LogP contribution >= 0.6 is 22.7 Å². The highest BCUT2D eigenvalue weighted by atomic mass is 32.1. The number of benzene rings is 6. The van der Waals surface area contributed by atoms with Crippen LogP contribution in [0, 0.1) is 0 Å². The molecule has 0 N–H and O–H groups in total. The SMILES string of the molecule is c1ccc2c(c1)ccc1c(-c3csc4ccccc34)c3ccccc3c(-c3csc4ccccc34)c12. The van der Waals surface area contributed by atoms with Gasteiger partial charge in [-0.25, -0.2) is 0 Å². The van der Waals surface area contributed by atoms with E-state index in [9.17, 15) is 0 Å². The fraction of sp³-hybridized carbons (Fsp3) is 0. The molecule has 0 nitrogen and oxygen atoms in total. The Morgan fingerprint density at radius 2 is 0.861 bits per heavy atom. The Kier molecular flexibility index (Phi) is 4.36. The smallest absolute Gasteiger partial charge is 0.0349 e. The maximum atomic E-state index is 2.35. The molecule has 0 radical (unpaired) electrons. The Hall–Kier alpha value is -3.98. The van der Waals surface area contributed by atoms with Gasteiger partial charge < -0.3 is 0 Å². The van der Waals surface area contributed by atoms with Crippen LogP contribution in [0.5, 0.6) is 0 Å². The van der Waals surface area contributed by atoms with Crippen molar-refractivity contribution in [3.05, 3.63) is 120 Å². The highest BCUT2D eigenvalue weighted by Gasteiger charge is 2.21. The maximum Gasteiger partial charge on any atom is 0.0349 e. The quantitative estimate of drug-likeness (QED) is 0.166. The van der Waals surface area contributed by atoms with Crippen LogP contribution in [0.3, 0.4) is 0 Å². The molecule has 0 aliphatic carbocycles. The van der Waals surface area contributed by atoms with Gasteiger partial charge in [-0.3, -0.25) is 0 Å². The molecule has 8 aromatic rings. The van der Waals surface area contributed by atoms with Gasteiger partial charge in [0, 0.05) is 31.3 Å². The van der Waals surface area contributed by atoms with E-state index in [1.54, 1.807) is 0 Å². The van der Waals surface area contributed by atoms with Gasteiger partial charge in [0.2, 0.25) is 0 Å². The molecule has 168 valence electrons. The Labute approximate surface area is 216 Å². The zero-order valence-corrected chi connectivity index (χ0v) is 21.0. The van der Waals surface area contributed by atoms with Gasteiger partial charge in [-0.2, -0.15) is 0 Å². The van der Waals surface area contributed by atoms with E-state index in [1.165, 1.54) is 74.7 Å². The first-order chi connectivity index (χ1) is 17.9. The predicted molar refractivity (Wildman–Crippen MR) is 161 cm³/mol. The second-order valence-corrected chi connectivity index (χ2v) is 11.1. The van der Waals surface area contributed by atoms with Gasteiger partial charge in [-0.05, 0) is 66.3 Å². The van der Waals surface area contributed by atoms with Crippen LogP contribution in [0.25, 0.3) is 74.7 Å². The molecular formula is C34H20S2. The Bertz CT molecular complexity index is 2110. The third-order valence-corrected chi connectivity index (χ3v) is 9.34. The zero-order valence-electron chi connectivity index (χ0n) is 19.4. The summed E-state index contributed by atoms with van der Waals surface area (Å²) in [6.07, 6.45) is 0. The molecule has 0 bridgehead atoms. The fourth-order valence-corrected chi connectivity index (χ4v) is 7.76. The average Bonchev–Trinajstić information content (AvgIpc) is 3.56. The normalized spacial score (nSPS) is 11.9.